The van der Waals surface area contributed by atoms with E-state index in [0.29, 0.717) is 42.6 Å². The van der Waals surface area contributed by atoms with Gasteiger partial charge in [0.05, 0.1) is 34.5 Å². The Bertz CT molecular complexity index is 843. The fourth-order valence-electron chi connectivity index (χ4n) is 2.81. The lowest BCUT2D eigenvalue weighted by atomic mass is 10.1. The van der Waals surface area contributed by atoms with Gasteiger partial charge in [-0.05, 0) is 30.2 Å². The first-order valence-electron chi connectivity index (χ1n) is 9.53. The van der Waals surface area contributed by atoms with Crippen molar-refractivity contribution in [3.63, 3.8) is 0 Å². The summed E-state index contributed by atoms with van der Waals surface area (Å²) in [6.07, 6.45) is 0. The molecule has 0 bridgehead atoms. The van der Waals surface area contributed by atoms with E-state index in [1.165, 1.54) is 33.5 Å². The lowest BCUT2D eigenvalue weighted by Crippen LogP contribution is -2.36. The van der Waals surface area contributed by atoms with Crippen molar-refractivity contribution in [2.45, 2.75) is 20.1 Å². The van der Waals surface area contributed by atoms with Crippen molar-refractivity contribution in [3.8, 4) is 17.2 Å². The van der Waals surface area contributed by atoms with Crippen molar-refractivity contribution in [1.82, 2.24) is 10.6 Å². The van der Waals surface area contributed by atoms with Gasteiger partial charge in [-0.3, -0.25) is 9.59 Å². The Morgan fingerprint density at radius 2 is 1.53 bits per heavy atom. The summed E-state index contributed by atoms with van der Waals surface area (Å²) in [4.78, 5) is 24.7. The first-order chi connectivity index (χ1) is 14.5. The van der Waals surface area contributed by atoms with Crippen LogP contribution in [0.1, 0.15) is 28.4 Å². The molecule has 0 fully saturated rings. The van der Waals surface area contributed by atoms with Crippen molar-refractivity contribution >= 4 is 11.8 Å². The van der Waals surface area contributed by atoms with Crippen LogP contribution in [0.3, 0.4) is 0 Å². The van der Waals surface area contributed by atoms with Crippen LogP contribution in [-0.4, -0.2) is 46.3 Å². The maximum atomic E-state index is 12.5. The Kier molecular flexibility index (Phi) is 8.96. The van der Waals surface area contributed by atoms with E-state index in [-0.39, 0.29) is 12.5 Å². The molecule has 0 radical (unpaired) electrons. The molecule has 2 rings (SSSR count). The molecular formula is C22H28N2O6. The fourth-order valence-corrected chi connectivity index (χ4v) is 2.81. The predicted molar refractivity (Wildman–Crippen MR) is 112 cm³/mol. The monoisotopic (exact) mass is 416 g/mol. The first kappa shape index (κ1) is 23.0. The van der Waals surface area contributed by atoms with Crippen LogP contribution in [-0.2, 0) is 22.7 Å². The normalized spacial score (nSPS) is 10.3. The molecule has 2 N–H and O–H groups in total. The summed E-state index contributed by atoms with van der Waals surface area (Å²) in [5, 5.41) is 5.40. The van der Waals surface area contributed by atoms with E-state index in [9.17, 15) is 9.59 Å². The standard InChI is InChI=1S/C22H28N2O6/c1-5-30-14-16-9-7-6-8-15(16)12-23-20(25)13-24-22(26)17-10-18(27-2)21(29-4)19(11-17)28-3/h6-11H,5,12-14H2,1-4H3,(H,23,25)(H,24,26). The van der Waals surface area contributed by atoms with Crippen LogP contribution >= 0.6 is 0 Å². The highest BCUT2D eigenvalue weighted by atomic mass is 16.5. The second-order valence-corrected chi connectivity index (χ2v) is 6.28. The van der Waals surface area contributed by atoms with E-state index >= 15 is 0 Å². The Morgan fingerprint density at radius 3 is 2.10 bits per heavy atom. The van der Waals surface area contributed by atoms with E-state index in [0.717, 1.165) is 11.1 Å². The van der Waals surface area contributed by atoms with E-state index in [1.54, 1.807) is 0 Å². The van der Waals surface area contributed by atoms with Crippen LogP contribution in [0, 0.1) is 0 Å². The summed E-state index contributed by atoms with van der Waals surface area (Å²) >= 11 is 0. The van der Waals surface area contributed by atoms with Gasteiger partial charge in [0.25, 0.3) is 5.91 Å². The second-order valence-electron chi connectivity index (χ2n) is 6.28. The smallest absolute Gasteiger partial charge is 0.251 e. The number of rotatable bonds is 11. The lowest BCUT2D eigenvalue weighted by Gasteiger charge is -2.14. The van der Waals surface area contributed by atoms with E-state index < -0.39 is 5.91 Å². The maximum absolute atomic E-state index is 12.5. The van der Waals surface area contributed by atoms with Crippen molar-refractivity contribution in [2.24, 2.45) is 0 Å². The van der Waals surface area contributed by atoms with Gasteiger partial charge in [-0.25, -0.2) is 0 Å². The maximum Gasteiger partial charge on any atom is 0.251 e. The summed E-state index contributed by atoms with van der Waals surface area (Å²) in [5.74, 6) is 0.373. The minimum Gasteiger partial charge on any atom is -0.493 e. The Hall–Kier alpha value is -3.26. The van der Waals surface area contributed by atoms with Crippen LogP contribution < -0.4 is 24.8 Å². The number of amides is 2. The van der Waals surface area contributed by atoms with Crippen LogP contribution in [0.5, 0.6) is 17.2 Å². The van der Waals surface area contributed by atoms with Gasteiger partial charge < -0.3 is 29.6 Å². The molecule has 2 aromatic carbocycles. The molecule has 30 heavy (non-hydrogen) atoms. The van der Waals surface area contributed by atoms with Crippen molar-refractivity contribution in [3.05, 3.63) is 53.1 Å². The quantitative estimate of drug-likeness (QED) is 0.584. The molecular weight excluding hydrogens is 388 g/mol. The van der Waals surface area contributed by atoms with Crippen LogP contribution in [0.2, 0.25) is 0 Å². The summed E-state index contributed by atoms with van der Waals surface area (Å²) < 4.78 is 21.2. The first-order valence-corrected chi connectivity index (χ1v) is 9.53. The third kappa shape index (κ3) is 6.12. The molecule has 0 saturated heterocycles. The molecule has 0 heterocycles. The minimum atomic E-state index is -0.429. The number of benzene rings is 2. The minimum absolute atomic E-state index is 0.164. The molecule has 0 spiro atoms. The third-order valence-electron chi connectivity index (χ3n) is 4.39. The molecule has 0 atom stereocenters. The molecule has 0 aliphatic carbocycles. The fraction of sp³-hybridized carbons (Fsp3) is 0.364. The van der Waals surface area contributed by atoms with Gasteiger partial charge >= 0.3 is 0 Å². The lowest BCUT2D eigenvalue weighted by molar-refractivity contribution is -0.120. The topological polar surface area (TPSA) is 95.1 Å². The van der Waals surface area contributed by atoms with Gasteiger partial charge in [-0.15, -0.1) is 0 Å². The van der Waals surface area contributed by atoms with Crippen LogP contribution in [0.25, 0.3) is 0 Å². The highest BCUT2D eigenvalue weighted by Gasteiger charge is 2.17. The van der Waals surface area contributed by atoms with Gasteiger partial charge in [0.15, 0.2) is 11.5 Å². The average Bonchev–Trinajstić information content (AvgIpc) is 2.79. The summed E-state index contributed by atoms with van der Waals surface area (Å²) in [7, 11) is 4.42. The summed E-state index contributed by atoms with van der Waals surface area (Å²) in [5.41, 5.74) is 2.27. The van der Waals surface area contributed by atoms with Gasteiger partial charge in [-0.1, -0.05) is 24.3 Å². The van der Waals surface area contributed by atoms with Crippen molar-refractivity contribution in [2.75, 3.05) is 34.5 Å². The molecule has 2 amide bonds. The number of nitrogens with one attached hydrogen (secondary N) is 2. The van der Waals surface area contributed by atoms with Gasteiger partial charge in [0.2, 0.25) is 11.7 Å². The molecule has 0 saturated carbocycles. The number of methoxy groups -OCH3 is 3. The third-order valence-corrected chi connectivity index (χ3v) is 4.39. The zero-order valence-electron chi connectivity index (χ0n) is 17.7. The molecule has 0 aromatic heterocycles. The van der Waals surface area contributed by atoms with Crippen LogP contribution in [0.15, 0.2) is 36.4 Å². The molecule has 8 nitrogen and oxygen atoms in total. The number of hydrogen-bond donors (Lipinski definition) is 2. The molecule has 0 aliphatic rings. The summed E-state index contributed by atoms with van der Waals surface area (Å²) in [6, 6.07) is 10.8. The van der Waals surface area contributed by atoms with E-state index in [4.69, 9.17) is 18.9 Å². The molecule has 162 valence electrons. The number of ether oxygens (including phenoxy) is 4. The molecule has 0 aliphatic heterocycles. The molecule has 0 unspecified atom stereocenters. The molecule has 2 aromatic rings. The Labute approximate surface area is 176 Å². The largest absolute Gasteiger partial charge is 0.493 e. The zero-order valence-corrected chi connectivity index (χ0v) is 17.7. The SMILES string of the molecule is CCOCc1ccccc1CNC(=O)CNC(=O)c1cc(OC)c(OC)c(OC)c1. The number of hydrogen-bond acceptors (Lipinski definition) is 6. The average molecular weight is 416 g/mol. The van der Waals surface area contributed by atoms with E-state index in [2.05, 4.69) is 10.6 Å². The second kappa shape index (κ2) is 11.7. The van der Waals surface area contributed by atoms with E-state index in [1.807, 2.05) is 31.2 Å². The Morgan fingerprint density at radius 1 is 0.900 bits per heavy atom. The number of carbonyl (C=O) groups excluding carboxylic acids is 2. The number of carbonyl (C=O) groups is 2. The van der Waals surface area contributed by atoms with Gasteiger partial charge in [0, 0.05) is 18.7 Å². The van der Waals surface area contributed by atoms with Crippen molar-refractivity contribution < 1.29 is 28.5 Å². The zero-order chi connectivity index (χ0) is 21.9. The summed E-state index contributed by atoms with van der Waals surface area (Å²) in [6.45, 7) is 3.22. The highest BCUT2D eigenvalue weighted by Crippen LogP contribution is 2.38. The Balaban J connectivity index is 1.95. The van der Waals surface area contributed by atoms with Gasteiger partial charge in [0.1, 0.15) is 0 Å². The molecule has 8 heteroatoms. The van der Waals surface area contributed by atoms with Gasteiger partial charge in [-0.2, -0.15) is 0 Å². The predicted octanol–water partition coefficient (Wildman–Crippen LogP) is 2.30. The highest BCUT2D eigenvalue weighted by molar-refractivity contribution is 5.97. The van der Waals surface area contributed by atoms with Crippen LogP contribution in [0.4, 0.5) is 0 Å². The van der Waals surface area contributed by atoms with Crippen molar-refractivity contribution in [1.29, 1.82) is 0 Å².